The van der Waals surface area contributed by atoms with Gasteiger partial charge in [0.05, 0.1) is 16.2 Å². The van der Waals surface area contributed by atoms with Gasteiger partial charge >= 0.3 is 0 Å². The molecule has 0 atom stereocenters. The normalized spacial score (nSPS) is 10.6. The van der Waals surface area contributed by atoms with E-state index in [-0.39, 0.29) is 22.8 Å². The second kappa shape index (κ2) is 4.84. The number of carbonyl (C=O) groups is 1. The first kappa shape index (κ1) is 13.6. The number of nitrogens with zero attached hydrogens (tertiary/aromatic N) is 2. The number of nitriles is 1. The molecule has 0 saturated carbocycles. The Morgan fingerprint density at radius 1 is 1.44 bits per heavy atom. The molecule has 0 aromatic heterocycles. The van der Waals surface area contributed by atoms with Crippen LogP contribution in [0.3, 0.4) is 0 Å². The van der Waals surface area contributed by atoms with Gasteiger partial charge < -0.3 is 5.32 Å². The monoisotopic (exact) mass is 247 g/mol. The van der Waals surface area contributed by atoms with Gasteiger partial charge in [-0.1, -0.05) is 20.8 Å². The minimum absolute atomic E-state index is 0.0711. The quantitative estimate of drug-likeness (QED) is 0.641. The first-order valence-corrected chi connectivity index (χ1v) is 5.25. The van der Waals surface area contributed by atoms with Crippen LogP contribution in [0.25, 0.3) is 0 Å². The zero-order valence-corrected chi connectivity index (χ0v) is 10.4. The molecule has 0 fully saturated rings. The Bertz CT molecular complexity index is 538. The average molecular weight is 247 g/mol. The van der Waals surface area contributed by atoms with Crippen LogP contribution in [0.2, 0.25) is 0 Å². The summed E-state index contributed by atoms with van der Waals surface area (Å²) in [5.41, 5.74) is -0.431. The molecule has 1 N–H and O–H groups in total. The van der Waals surface area contributed by atoms with Gasteiger partial charge in [-0.2, -0.15) is 5.26 Å². The third kappa shape index (κ3) is 3.04. The third-order valence-electron chi connectivity index (χ3n) is 2.26. The van der Waals surface area contributed by atoms with Gasteiger partial charge in [-0.25, -0.2) is 0 Å². The fourth-order valence-corrected chi connectivity index (χ4v) is 1.16. The highest BCUT2D eigenvalue weighted by molar-refractivity contribution is 5.95. The second-order valence-corrected chi connectivity index (χ2v) is 4.80. The van der Waals surface area contributed by atoms with Crippen LogP contribution in [-0.4, -0.2) is 10.8 Å². The fraction of sp³-hybridized carbons (Fsp3) is 0.333. The van der Waals surface area contributed by atoms with Crippen molar-refractivity contribution in [3.63, 3.8) is 0 Å². The van der Waals surface area contributed by atoms with E-state index in [9.17, 15) is 14.9 Å². The SMILES string of the molecule is CC(C)(C)C(=O)Nc1ccc([N+](=O)[O-])cc1C#N. The van der Waals surface area contributed by atoms with Crippen molar-refractivity contribution in [2.24, 2.45) is 5.41 Å². The predicted octanol–water partition coefficient (Wildman–Crippen LogP) is 2.45. The summed E-state index contributed by atoms with van der Waals surface area (Å²) in [7, 11) is 0. The number of carbonyl (C=O) groups excluding carboxylic acids is 1. The van der Waals surface area contributed by atoms with Gasteiger partial charge in [-0.05, 0) is 6.07 Å². The Morgan fingerprint density at radius 3 is 2.50 bits per heavy atom. The van der Waals surface area contributed by atoms with Crippen LogP contribution in [0, 0.1) is 26.9 Å². The largest absolute Gasteiger partial charge is 0.324 e. The minimum Gasteiger partial charge on any atom is -0.324 e. The zero-order chi connectivity index (χ0) is 13.9. The van der Waals surface area contributed by atoms with Crippen LogP contribution in [0.1, 0.15) is 26.3 Å². The van der Waals surface area contributed by atoms with Gasteiger partial charge in [0.1, 0.15) is 6.07 Å². The molecule has 0 aliphatic carbocycles. The summed E-state index contributed by atoms with van der Waals surface area (Å²) in [4.78, 5) is 21.8. The van der Waals surface area contributed by atoms with Crippen LogP contribution in [0.4, 0.5) is 11.4 Å². The Kier molecular flexibility index (Phi) is 3.67. The van der Waals surface area contributed by atoms with E-state index in [1.54, 1.807) is 20.8 Å². The van der Waals surface area contributed by atoms with Crippen LogP contribution < -0.4 is 5.32 Å². The Balaban J connectivity index is 3.09. The molecule has 0 heterocycles. The van der Waals surface area contributed by atoms with Crippen molar-refractivity contribution in [1.29, 1.82) is 5.26 Å². The summed E-state index contributed by atoms with van der Waals surface area (Å²) < 4.78 is 0. The lowest BCUT2D eigenvalue weighted by Crippen LogP contribution is -2.27. The van der Waals surface area contributed by atoms with Gasteiger partial charge in [0, 0.05) is 17.5 Å². The molecule has 94 valence electrons. The molecule has 0 aliphatic heterocycles. The molecule has 0 radical (unpaired) electrons. The maximum atomic E-state index is 11.8. The second-order valence-electron chi connectivity index (χ2n) is 4.80. The summed E-state index contributed by atoms with van der Waals surface area (Å²) in [6.45, 7) is 5.21. The van der Waals surface area contributed by atoms with Crippen LogP contribution in [0.5, 0.6) is 0 Å². The van der Waals surface area contributed by atoms with Gasteiger partial charge in [0.25, 0.3) is 5.69 Å². The highest BCUT2D eigenvalue weighted by Gasteiger charge is 2.22. The molecular weight excluding hydrogens is 234 g/mol. The molecule has 1 amide bonds. The molecule has 1 rings (SSSR count). The number of benzene rings is 1. The number of nitrogens with one attached hydrogen (secondary N) is 1. The Morgan fingerprint density at radius 2 is 2.06 bits per heavy atom. The smallest absolute Gasteiger partial charge is 0.270 e. The number of nitro groups is 1. The molecule has 6 heteroatoms. The third-order valence-corrected chi connectivity index (χ3v) is 2.26. The van der Waals surface area contributed by atoms with Crippen molar-refractivity contribution in [2.75, 3.05) is 5.32 Å². The van der Waals surface area contributed by atoms with E-state index in [2.05, 4.69) is 5.32 Å². The molecular formula is C12H13N3O3. The Hall–Kier alpha value is -2.42. The van der Waals surface area contributed by atoms with E-state index in [4.69, 9.17) is 5.26 Å². The first-order valence-electron chi connectivity index (χ1n) is 5.25. The number of anilines is 1. The summed E-state index contributed by atoms with van der Waals surface area (Å²) >= 11 is 0. The standard InChI is InChI=1S/C12H13N3O3/c1-12(2,3)11(16)14-10-5-4-9(15(17)18)6-8(10)7-13/h4-6H,1-3H3,(H,14,16). The average Bonchev–Trinajstić information content (AvgIpc) is 2.27. The lowest BCUT2D eigenvalue weighted by atomic mass is 9.95. The van der Waals surface area contributed by atoms with E-state index in [1.807, 2.05) is 6.07 Å². The van der Waals surface area contributed by atoms with Crippen LogP contribution in [-0.2, 0) is 4.79 Å². The van der Waals surface area contributed by atoms with Crippen LogP contribution in [0.15, 0.2) is 18.2 Å². The number of hydrogen-bond donors (Lipinski definition) is 1. The molecule has 0 unspecified atom stereocenters. The van der Waals surface area contributed by atoms with E-state index >= 15 is 0 Å². The fourth-order valence-electron chi connectivity index (χ4n) is 1.16. The van der Waals surface area contributed by atoms with Gasteiger partial charge in [-0.15, -0.1) is 0 Å². The van der Waals surface area contributed by atoms with E-state index in [1.165, 1.54) is 12.1 Å². The van der Waals surface area contributed by atoms with Gasteiger partial charge in [-0.3, -0.25) is 14.9 Å². The minimum atomic E-state index is -0.603. The van der Waals surface area contributed by atoms with Crippen molar-refractivity contribution in [3.8, 4) is 6.07 Å². The molecule has 0 bridgehead atoms. The van der Waals surface area contributed by atoms with Crippen LogP contribution >= 0.6 is 0 Å². The molecule has 1 aromatic carbocycles. The predicted molar refractivity (Wildman–Crippen MR) is 65.9 cm³/mol. The van der Waals surface area contributed by atoms with Crippen molar-refractivity contribution in [1.82, 2.24) is 0 Å². The van der Waals surface area contributed by atoms with Crippen molar-refractivity contribution >= 4 is 17.3 Å². The van der Waals surface area contributed by atoms with E-state index < -0.39 is 10.3 Å². The maximum absolute atomic E-state index is 11.8. The number of amides is 1. The van der Waals surface area contributed by atoms with Crippen molar-refractivity contribution in [3.05, 3.63) is 33.9 Å². The maximum Gasteiger partial charge on any atom is 0.270 e. The highest BCUT2D eigenvalue weighted by atomic mass is 16.6. The first-order chi connectivity index (χ1) is 8.25. The molecule has 1 aromatic rings. The van der Waals surface area contributed by atoms with E-state index in [0.717, 1.165) is 6.07 Å². The number of hydrogen-bond acceptors (Lipinski definition) is 4. The highest BCUT2D eigenvalue weighted by Crippen LogP contribution is 2.23. The molecule has 18 heavy (non-hydrogen) atoms. The van der Waals surface area contributed by atoms with Crippen molar-refractivity contribution < 1.29 is 9.72 Å². The van der Waals surface area contributed by atoms with Gasteiger partial charge in [0.15, 0.2) is 0 Å². The summed E-state index contributed by atoms with van der Waals surface area (Å²) in [5.74, 6) is -0.257. The number of nitro benzene ring substituents is 1. The molecule has 0 spiro atoms. The summed E-state index contributed by atoms with van der Waals surface area (Å²) in [6.07, 6.45) is 0. The summed E-state index contributed by atoms with van der Waals surface area (Å²) in [5, 5.41) is 22.1. The Labute approximate surface area is 104 Å². The zero-order valence-electron chi connectivity index (χ0n) is 10.4. The molecule has 6 nitrogen and oxygen atoms in total. The lowest BCUT2D eigenvalue weighted by molar-refractivity contribution is -0.384. The summed E-state index contributed by atoms with van der Waals surface area (Å²) in [6, 6.07) is 5.58. The lowest BCUT2D eigenvalue weighted by Gasteiger charge is -2.18. The van der Waals surface area contributed by atoms with E-state index in [0.29, 0.717) is 0 Å². The van der Waals surface area contributed by atoms with Crippen molar-refractivity contribution in [2.45, 2.75) is 20.8 Å². The number of non-ortho nitro benzene ring substituents is 1. The topological polar surface area (TPSA) is 96.0 Å². The molecule has 0 aliphatic rings. The van der Waals surface area contributed by atoms with Gasteiger partial charge in [0.2, 0.25) is 5.91 Å². The number of rotatable bonds is 2. The molecule has 0 saturated heterocycles.